The zero-order valence-electron chi connectivity index (χ0n) is 18.4. The van der Waals surface area contributed by atoms with Gasteiger partial charge in [-0.15, -0.1) is 11.3 Å². The van der Waals surface area contributed by atoms with E-state index in [4.69, 9.17) is 19.2 Å². The molecule has 0 radical (unpaired) electrons. The van der Waals surface area contributed by atoms with Crippen molar-refractivity contribution < 1.29 is 19.0 Å². The second-order valence-electron chi connectivity index (χ2n) is 7.39. The number of hydrogen-bond donors (Lipinski definition) is 1. The molecular weight excluding hydrogens is 424 g/mol. The van der Waals surface area contributed by atoms with Crippen molar-refractivity contribution in [1.29, 1.82) is 0 Å². The van der Waals surface area contributed by atoms with Crippen LogP contribution < -0.4 is 19.5 Å². The van der Waals surface area contributed by atoms with Gasteiger partial charge < -0.3 is 19.5 Å². The molecule has 1 amide bonds. The maximum Gasteiger partial charge on any atom is 0.259 e. The average Bonchev–Trinajstić information content (AvgIpc) is 3.21. The van der Waals surface area contributed by atoms with E-state index in [1.54, 1.807) is 38.9 Å². The number of aliphatic imine (C=N–C) groups is 1. The largest absolute Gasteiger partial charge is 0.493 e. The van der Waals surface area contributed by atoms with Gasteiger partial charge in [0, 0.05) is 22.3 Å². The summed E-state index contributed by atoms with van der Waals surface area (Å²) in [6.07, 6.45) is 5.83. The molecule has 0 aliphatic heterocycles. The molecule has 1 N–H and O–H groups in total. The lowest BCUT2D eigenvalue weighted by atomic mass is 9.95. The molecule has 166 valence electrons. The number of nitrogens with zero attached hydrogens (tertiary/aromatic N) is 1. The third kappa shape index (κ3) is 4.34. The van der Waals surface area contributed by atoms with E-state index >= 15 is 0 Å². The second kappa shape index (κ2) is 9.87. The van der Waals surface area contributed by atoms with Crippen LogP contribution in [0.15, 0.2) is 47.5 Å². The average molecular weight is 451 g/mol. The number of para-hydroxylation sites is 1. The molecule has 3 aromatic rings. The van der Waals surface area contributed by atoms with Gasteiger partial charge in [0.2, 0.25) is 5.75 Å². The highest BCUT2D eigenvalue weighted by atomic mass is 32.1. The number of thiophene rings is 1. The molecule has 0 atom stereocenters. The molecule has 4 rings (SSSR count). The number of nitrogens with one attached hydrogen (secondary N) is 1. The Morgan fingerprint density at radius 3 is 2.44 bits per heavy atom. The Bertz CT molecular complexity index is 1140. The molecule has 1 heterocycles. The van der Waals surface area contributed by atoms with Crippen LogP contribution >= 0.6 is 11.3 Å². The molecule has 0 saturated carbocycles. The molecule has 2 aromatic carbocycles. The first-order valence-electron chi connectivity index (χ1n) is 10.5. The minimum Gasteiger partial charge on any atom is -0.493 e. The fourth-order valence-electron chi connectivity index (χ4n) is 3.95. The minimum absolute atomic E-state index is 0.123. The van der Waals surface area contributed by atoms with E-state index in [0.717, 1.165) is 42.5 Å². The molecule has 0 unspecified atom stereocenters. The maximum absolute atomic E-state index is 13.2. The fourth-order valence-corrected chi connectivity index (χ4v) is 5.18. The van der Waals surface area contributed by atoms with Crippen LogP contribution in [0.5, 0.6) is 17.2 Å². The minimum atomic E-state index is -0.123. The highest BCUT2D eigenvalue weighted by Crippen LogP contribution is 2.42. The lowest BCUT2D eigenvalue weighted by molar-refractivity contribution is 0.102. The first-order chi connectivity index (χ1) is 15.7. The van der Waals surface area contributed by atoms with Crippen molar-refractivity contribution >= 4 is 34.1 Å². The van der Waals surface area contributed by atoms with Gasteiger partial charge in [0.25, 0.3) is 5.91 Å². The lowest BCUT2D eigenvalue weighted by Gasteiger charge is -2.14. The van der Waals surface area contributed by atoms with Crippen molar-refractivity contribution in [3.8, 4) is 17.2 Å². The Labute approximate surface area is 191 Å². The summed E-state index contributed by atoms with van der Waals surface area (Å²) in [5.41, 5.74) is 3.31. The quantitative estimate of drug-likeness (QED) is 0.472. The van der Waals surface area contributed by atoms with Crippen LogP contribution in [0, 0.1) is 0 Å². The Hall–Kier alpha value is -3.32. The summed E-state index contributed by atoms with van der Waals surface area (Å²) < 4.78 is 16.4. The Morgan fingerprint density at radius 2 is 1.72 bits per heavy atom. The van der Waals surface area contributed by atoms with Crippen molar-refractivity contribution in [2.24, 2.45) is 4.99 Å². The Balaban J connectivity index is 1.72. The van der Waals surface area contributed by atoms with Gasteiger partial charge in [-0.2, -0.15) is 0 Å². The summed E-state index contributed by atoms with van der Waals surface area (Å²) >= 11 is 1.60. The summed E-state index contributed by atoms with van der Waals surface area (Å²) in [4.78, 5) is 19.2. The number of carbonyl (C=O) groups excluding carboxylic acids is 1. The van der Waals surface area contributed by atoms with Crippen LogP contribution in [0.2, 0.25) is 0 Å². The first kappa shape index (κ1) is 21.9. The number of carbonyl (C=O) groups is 1. The number of rotatable bonds is 7. The van der Waals surface area contributed by atoms with E-state index in [0.29, 0.717) is 27.8 Å². The third-order valence-electron chi connectivity index (χ3n) is 5.47. The number of ether oxygens (including phenoxy) is 3. The predicted octanol–water partition coefficient (Wildman–Crippen LogP) is 5.66. The van der Waals surface area contributed by atoms with Gasteiger partial charge in [-0.3, -0.25) is 4.79 Å². The maximum atomic E-state index is 13.2. The predicted molar refractivity (Wildman–Crippen MR) is 129 cm³/mol. The van der Waals surface area contributed by atoms with E-state index in [1.807, 2.05) is 42.5 Å². The summed E-state index contributed by atoms with van der Waals surface area (Å²) in [5.74, 6) is 1.50. The van der Waals surface area contributed by atoms with Crippen molar-refractivity contribution in [3.63, 3.8) is 0 Å². The standard InChI is InChI=1S/C25H26N2O4S/c1-29-19-14-13-16(22(30-2)23(19)31-3)15-26-25-21(18-11-7-8-12-20(18)32-25)24(28)27-17-9-5-4-6-10-17/h4-6,9-10,13-15H,7-8,11-12H2,1-3H3,(H,27,28)/b26-15+. The number of anilines is 1. The molecule has 7 heteroatoms. The van der Waals surface area contributed by atoms with Crippen LogP contribution in [0.4, 0.5) is 10.7 Å². The molecule has 32 heavy (non-hydrogen) atoms. The van der Waals surface area contributed by atoms with Crippen LogP contribution in [-0.2, 0) is 12.8 Å². The van der Waals surface area contributed by atoms with Gasteiger partial charge in [0.15, 0.2) is 11.5 Å². The second-order valence-corrected chi connectivity index (χ2v) is 8.48. The number of hydrogen-bond acceptors (Lipinski definition) is 6. The SMILES string of the molecule is COc1ccc(/C=N/c2sc3c(c2C(=O)Nc2ccccc2)CCCC3)c(OC)c1OC. The molecule has 0 spiro atoms. The number of amides is 1. The monoisotopic (exact) mass is 450 g/mol. The van der Waals surface area contributed by atoms with Crippen LogP contribution in [-0.4, -0.2) is 33.5 Å². The van der Waals surface area contributed by atoms with E-state index < -0.39 is 0 Å². The van der Waals surface area contributed by atoms with E-state index in [1.165, 1.54) is 4.88 Å². The molecule has 0 saturated heterocycles. The highest BCUT2D eigenvalue weighted by Gasteiger charge is 2.25. The molecule has 0 bridgehead atoms. The summed E-state index contributed by atoms with van der Waals surface area (Å²) in [6, 6.07) is 13.2. The summed E-state index contributed by atoms with van der Waals surface area (Å²) in [5, 5.41) is 3.73. The van der Waals surface area contributed by atoms with Gasteiger partial charge in [-0.25, -0.2) is 4.99 Å². The number of aryl methyl sites for hydroxylation is 1. The number of fused-ring (bicyclic) bond motifs is 1. The van der Waals surface area contributed by atoms with Crippen molar-refractivity contribution in [2.75, 3.05) is 26.6 Å². The third-order valence-corrected chi connectivity index (χ3v) is 6.67. The van der Waals surface area contributed by atoms with Crippen LogP contribution in [0.25, 0.3) is 0 Å². The highest BCUT2D eigenvalue weighted by molar-refractivity contribution is 7.16. The molecular formula is C25H26N2O4S. The Morgan fingerprint density at radius 1 is 0.969 bits per heavy atom. The van der Waals surface area contributed by atoms with Crippen LogP contribution in [0.1, 0.15) is 39.2 Å². The Kier molecular flexibility index (Phi) is 6.75. The summed E-state index contributed by atoms with van der Waals surface area (Å²) in [6.45, 7) is 0. The normalized spacial score (nSPS) is 13.0. The van der Waals surface area contributed by atoms with Crippen molar-refractivity contribution in [1.82, 2.24) is 0 Å². The fraction of sp³-hybridized carbons (Fsp3) is 0.280. The zero-order chi connectivity index (χ0) is 22.5. The first-order valence-corrected chi connectivity index (χ1v) is 11.3. The molecule has 1 aliphatic rings. The van der Waals surface area contributed by atoms with Gasteiger partial charge in [-0.05, 0) is 55.5 Å². The van der Waals surface area contributed by atoms with E-state index in [2.05, 4.69) is 5.32 Å². The number of methoxy groups -OCH3 is 3. The smallest absolute Gasteiger partial charge is 0.259 e. The molecule has 1 aliphatic carbocycles. The molecule has 6 nitrogen and oxygen atoms in total. The topological polar surface area (TPSA) is 69.2 Å². The van der Waals surface area contributed by atoms with Gasteiger partial charge >= 0.3 is 0 Å². The van der Waals surface area contributed by atoms with E-state index in [-0.39, 0.29) is 5.91 Å². The van der Waals surface area contributed by atoms with E-state index in [9.17, 15) is 4.79 Å². The van der Waals surface area contributed by atoms with Crippen molar-refractivity contribution in [2.45, 2.75) is 25.7 Å². The number of benzene rings is 2. The van der Waals surface area contributed by atoms with Crippen molar-refractivity contribution in [3.05, 3.63) is 64.0 Å². The van der Waals surface area contributed by atoms with Gasteiger partial charge in [-0.1, -0.05) is 18.2 Å². The molecule has 1 aromatic heterocycles. The molecule has 0 fully saturated rings. The lowest BCUT2D eigenvalue weighted by Crippen LogP contribution is -2.14. The van der Waals surface area contributed by atoms with Crippen LogP contribution in [0.3, 0.4) is 0 Å². The summed E-state index contributed by atoms with van der Waals surface area (Å²) in [7, 11) is 4.73. The van der Waals surface area contributed by atoms with Gasteiger partial charge in [0.1, 0.15) is 5.00 Å². The zero-order valence-corrected chi connectivity index (χ0v) is 19.3. The van der Waals surface area contributed by atoms with Gasteiger partial charge in [0.05, 0.1) is 26.9 Å².